The second kappa shape index (κ2) is 6.26. The van der Waals surface area contributed by atoms with Gasteiger partial charge in [0.2, 0.25) is 5.09 Å². The van der Waals surface area contributed by atoms with Crippen LogP contribution in [0.1, 0.15) is 32.4 Å². The van der Waals surface area contributed by atoms with E-state index < -0.39 is 10.0 Å². The fraction of sp³-hybridized carbons (Fsp3) is 0.692. The van der Waals surface area contributed by atoms with Crippen LogP contribution in [0.4, 0.5) is 0 Å². The number of rotatable bonds is 8. The highest BCUT2D eigenvalue weighted by molar-refractivity contribution is 7.89. The summed E-state index contributed by atoms with van der Waals surface area (Å²) >= 11 is 0. The van der Waals surface area contributed by atoms with E-state index in [1.54, 1.807) is 19.9 Å². The number of aliphatic hydroxyl groups is 1. The maximum absolute atomic E-state index is 12.1. The van der Waals surface area contributed by atoms with Gasteiger partial charge in [0.25, 0.3) is 10.0 Å². The van der Waals surface area contributed by atoms with E-state index in [4.69, 9.17) is 9.52 Å². The van der Waals surface area contributed by atoms with Gasteiger partial charge in [0.15, 0.2) is 0 Å². The molecule has 0 bridgehead atoms. The average Bonchev–Trinajstić information content (AvgIpc) is 3.10. The normalized spacial score (nSPS) is 18.9. The van der Waals surface area contributed by atoms with Gasteiger partial charge < -0.3 is 14.8 Å². The molecular weight excluding hydrogens is 280 g/mol. The minimum atomic E-state index is -3.67. The standard InChI is InChI=1S/C13H22N2O4S/c1-9(8-16)10(2)15-20(17,18)13-6-5-12(19-13)7-14-11-3-4-11/h5-6,9-11,14-16H,3-4,7-8H2,1-2H3. The van der Waals surface area contributed by atoms with Gasteiger partial charge in [-0.25, -0.2) is 13.1 Å². The van der Waals surface area contributed by atoms with Crippen molar-refractivity contribution in [1.82, 2.24) is 10.0 Å². The van der Waals surface area contributed by atoms with E-state index in [1.807, 2.05) is 0 Å². The van der Waals surface area contributed by atoms with Crippen LogP contribution >= 0.6 is 0 Å². The average molecular weight is 302 g/mol. The highest BCUT2D eigenvalue weighted by atomic mass is 32.2. The van der Waals surface area contributed by atoms with Crippen molar-refractivity contribution in [2.24, 2.45) is 5.92 Å². The Balaban J connectivity index is 1.97. The number of nitrogens with one attached hydrogen (secondary N) is 2. The van der Waals surface area contributed by atoms with Crippen molar-refractivity contribution in [3.8, 4) is 0 Å². The molecule has 0 spiro atoms. The molecular formula is C13H22N2O4S. The van der Waals surface area contributed by atoms with Crippen LogP contribution in [0, 0.1) is 5.92 Å². The van der Waals surface area contributed by atoms with Crippen LogP contribution in [0.15, 0.2) is 21.6 Å². The third-order valence-electron chi connectivity index (χ3n) is 3.53. The molecule has 1 fully saturated rings. The van der Waals surface area contributed by atoms with Gasteiger partial charge in [0.05, 0.1) is 6.54 Å². The molecule has 1 aromatic rings. The summed E-state index contributed by atoms with van der Waals surface area (Å²) in [5.41, 5.74) is 0. The van der Waals surface area contributed by atoms with Crippen molar-refractivity contribution in [1.29, 1.82) is 0 Å². The summed E-state index contributed by atoms with van der Waals surface area (Å²) in [6, 6.07) is 3.32. The first kappa shape index (κ1) is 15.5. The summed E-state index contributed by atoms with van der Waals surface area (Å²) in [5.74, 6) is 0.455. The maximum Gasteiger partial charge on any atom is 0.274 e. The van der Waals surface area contributed by atoms with Gasteiger partial charge in [-0.3, -0.25) is 0 Å². The van der Waals surface area contributed by atoms with Crippen LogP contribution < -0.4 is 10.0 Å². The summed E-state index contributed by atoms with van der Waals surface area (Å²) in [5, 5.41) is 12.2. The fourth-order valence-electron chi connectivity index (χ4n) is 1.71. The summed E-state index contributed by atoms with van der Waals surface area (Å²) < 4.78 is 32.1. The summed E-state index contributed by atoms with van der Waals surface area (Å²) in [7, 11) is -3.67. The monoisotopic (exact) mass is 302 g/mol. The summed E-state index contributed by atoms with van der Waals surface area (Å²) in [6.07, 6.45) is 2.34. The zero-order valence-corrected chi connectivity index (χ0v) is 12.6. The second-order valence-electron chi connectivity index (χ2n) is 5.45. The van der Waals surface area contributed by atoms with Crippen molar-refractivity contribution in [3.63, 3.8) is 0 Å². The molecule has 114 valence electrons. The van der Waals surface area contributed by atoms with E-state index in [-0.39, 0.29) is 23.7 Å². The van der Waals surface area contributed by atoms with Crippen molar-refractivity contribution in [2.75, 3.05) is 6.61 Å². The van der Waals surface area contributed by atoms with Crippen LogP contribution in [-0.2, 0) is 16.6 Å². The number of hydrogen-bond acceptors (Lipinski definition) is 5. The van der Waals surface area contributed by atoms with E-state index in [2.05, 4.69) is 10.0 Å². The summed E-state index contributed by atoms with van der Waals surface area (Å²) in [4.78, 5) is 0. The highest BCUT2D eigenvalue weighted by Gasteiger charge is 2.25. The van der Waals surface area contributed by atoms with Crippen molar-refractivity contribution >= 4 is 10.0 Å². The molecule has 0 aliphatic heterocycles. The van der Waals surface area contributed by atoms with Gasteiger partial charge in [0, 0.05) is 18.7 Å². The smallest absolute Gasteiger partial charge is 0.274 e. The Morgan fingerprint density at radius 1 is 1.40 bits per heavy atom. The molecule has 2 atom stereocenters. The molecule has 0 amide bonds. The van der Waals surface area contributed by atoms with Gasteiger partial charge >= 0.3 is 0 Å². The Kier molecular flexibility index (Phi) is 4.85. The van der Waals surface area contributed by atoms with E-state index in [9.17, 15) is 8.42 Å². The van der Waals surface area contributed by atoms with Gasteiger partial charge in [-0.2, -0.15) is 0 Å². The third-order valence-corrected chi connectivity index (χ3v) is 4.96. The van der Waals surface area contributed by atoms with Crippen LogP contribution in [-0.4, -0.2) is 32.2 Å². The largest absolute Gasteiger partial charge is 0.447 e. The lowest BCUT2D eigenvalue weighted by molar-refractivity contribution is 0.216. The van der Waals surface area contributed by atoms with Crippen LogP contribution in [0.25, 0.3) is 0 Å². The summed E-state index contributed by atoms with van der Waals surface area (Å²) in [6.45, 7) is 3.97. The fourth-order valence-corrected chi connectivity index (χ4v) is 3.01. The zero-order valence-electron chi connectivity index (χ0n) is 11.8. The van der Waals surface area contributed by atoms with Gasteiger partial charge in [-0.05, 0) is 37.8 Å². The molecule has 1 aliphatic rings. The molecule has 7 heteroatoms. The van der Waals surface area contributed by atoms with Crippen LogP contribution in [0.3, 0.4) is 0 Å². The first-order chi connectivity index (χ1) is 9.42. The van der Waals surface area contributed by atoms with E-state index in [0.717, 1.165) is 0 Å². The van der Waals surface area contributed by atoms with Gasteiger partial charge in [-0.1, -0.05) is 6.92 Å². The minimum Gasteiger partial charge on any atom is -0.447 e. The zero-order chi connectivity index (χ0) is 14.8. The van der Waals surface area contributed by atoms with Crippen molar-refractivity contribution in [2.45, 2.75) is 50.4 Å². The Hall–Kier alpha value is -0.890. The Bertz CT molecular complexity index is 536. The lowest BCUT2D eigenvalue weighted by Crippen LogP contribution is -2.38. The first-order valence-electron chi connectivity index (χ1n) is 6.87. The van der Waals surface area contributed by atoms with E-state index >= 15 is 0 Å². The van der Waals surface area contributed by atoms with E-state index in [1.165, 1.54) is 18.9 Å². The van der Waals surface area contributed by atoms with Crippen LogP contribution in [0.2, 0.25) is 0 Å². The molecule has 6 nitrogen and oxygen atoms in total. The van der Waals surface area contributed by atoms with E-state index in [0.29, 0.717) is 18.3 Å². The van der Waals surface area contributed by atoms with Gasteiger partial charge in [0.1, 0.15) is 5.76 Å². The molecule has 1 saturated carbocycles. The van der Waals surface area contributed by atoms with Crippen molar-refractivity contribution in [3.05, 3.63) is 17.9 Å². The van der Waals surface area contributed by atoms with Crippen molar-refractivity contribution < 1.29 is 17.9 Å². The predicted molar refractivity (Wildman–Crippen MR) is 74.6 cm³/mol. The number of hydrogen-bond donors (Lipinski definition) is 3. The molecule has 1 aliphatic carbocycles. The molecule has 3 N–H and O–H groups in total. The molecule has 0 saturated heterocycles. The minimum absolute atomic E-state index is 0.0710. The molecule has 0 aromatic carbocycles. The van der Waals surface area contributed by atoms with Gasteiger partial charge in [-0.15, -0.1) is 0 Å². The number of furan rings is 1. The number of aliphatic hydroxyl groups excluding tert-OH is 1. The highest BCUT2D eigenvalue weighted by Crippen LogP contribution is 2.20. The molecule has 2 rings (SSSR count). The second-order valence-corrected chi connectivity index (χ2v) is 7.09. The first-order valence-corrected chi connectivity index (χ1v) is 8.36. The van der Waals surface area contributed by atoms with Crippen LogP contribution in [0.5, 0.6) is 0 Å². The molecule has 1 heterocycles. The third kappa shape index (κ3) is 4.05. The molecule has 1 aromatic heterocycles. The molecule has 0 radical (unpaired) electrons. The Morgan fingerprint density at radius 3 is 2.70 bits per heavy atom. The lowest BCUT2D eigenvalue weighted by atomic mass is 10.1. The Labute approximate surface area is 119 Å². The lowest BCUT2D eigenvalue weighted by Gasteiger charge is -2.18. The quantitative estimate of drug-likeness (QED) is 0.661. The number of sulfonamides is 1. The predicted octanol–water partition coefficient (Wildman–Crippen LogP) is 0.827. The SMILES string of the molecule is CC(CO)C(C)NS(=O)(=O)c1ccc(CNC2CC2)o1. The molecule has 20 heavy (non-hydrogen) atoms. The Morgan fingerprint density at radius 2 is 2.10 bits per heavy atom. The topological polar surface area (TPSA) is 91.6 Å². The molecule has 2 unspecified atom stereocenters. The maximum atomic E-state index is 12.1.